The van der Waals surface area contributed by atoms with Gasteiger partial charge in [-0.2, -0.15) is 0 Å². The van der Waals surface area contributed by atoms with Crippen LogP contribution in [-0.4, -0.2) is 15.0 Å². The summed E-state index contributed by atoms with van der Waals surface area (Å²) in [6, 6.07) is 24.5. The van der Waals surface area contributed by atoms with Crippen LogP contribution in [0.25, 0.3) is 28.3 Å². The zero-order valence-electron chi connectivity index (χ0n) is 11.5. The Morgan fingerprint density at radius 2 is 1.33 bits per heavy atom. The Bertz CT molecular complexity index is 811. The molecule has 0 saturated heterocycles. The van der Waals surface area contributed by atoms with Gasteiger partial charge in [0.05, 0.1) is 0 Å². The molecular formula is C20H14Se. The van der Waals surface area contributed by atoms with Crippen LogP contribution in [0.15, 0.2) is 73.3 Å². The van der Waals surface area contributed by atoms with Gasteiger partial charge in [0.15, 0.2) is 0 Å². The molecule has 0 N–H and O–H groups in total. The first-order valence-electron chi connectivity index (χ1n) is 6.99. The fourth-order valence-corrected chi connectivity index (χ4v) is 4.54. The third kappa shape index (κ3) is 2.15. The number of hydrogen-bond donors (Lipinski definition) is 0. The molecule has 3 aromatic carbocycles. The molecule has 4 aliphatic rings. The summed E-state index contributed by atoms with van der Waals surface area (Å²) in [5, 5.41) is 0. The third-order valence-electron chi connectivity index (χ3n) is 3.86. The molecule has 0 aromatic heterocycles. The second kappa shape index (κ2) is 5.03. The molecule has 21 heavy (non-hydrogen) atoms. The average Bonchev–Trinajstić information content (AvgIpc) is 2.62. The van der Waals surface area contributed by atoms with E-state index in [2.05, 4.69) is 73.3 Å². The summed E-state index contributed by atoms with van der Waals surface area (Å²) in [5.74, 6) is 0. The van der Waals surface area contributed by atoms with E-state index in [9.17, 15) is 0 Å². The molecule has 0 saturated carbocycles. The van der Waals surface area contributed by atoms with Gasteiger partial charge in [0.1, 0.15) is 0 Å². The molecule has 0 fully saturated rings. The van der Waals surface area contributed by atoms with Crippen LogP contribution in [0.1, 0.15) is 5.56 Å². The predicted octanol–water partition coefficient (Wildman–Crippen LogP) is 3.63. The van der Waals surface area contributed by atoms with E-state index in [4.69, 9.17) is 0 Å². The van der Waals surface area contributed by atoms with Crippen LogP contribution in [0.3, 0.4) is 0 Å². The molecule has 100 valence electrons. The Hall–Kier alpha value is -2.08. The van der Waals surface area contributed by atoms with Gasteiger partial charge >= 0.3 is 131 Å². The van der Waals surface area contributed by atoms with E-state index in [0.717, 1.165) is 0 Å². The van der Waals surface area contributed by atoms with E-state index in [1.807, 2.05) is 6.08 Å². The maximum absolute atomic E-state index is 3.98. The van der Waals surface area contributed by atoms with Crippen molar-refractivity contribution in [1.29, 1.82) is 0 Å². The fourth-order valence-electron chi connectivity index (χ4n) is 2.83. The SMILES string of the molecule is C=Cc1cccc2c1-c1ccc(cc1)[Se]c1ccc-2cc1. The summed E-state index contributed by atoms with van der Waals surface area (Å²) < 4.78 is 2.83. The second-order valence-corrected chi connectivity index (χ2v) is 7.53. The first-order chi connectivity index (χ1) is 10.3. The zero-order valence-corrected chi connectivity index (χ0v) is 13.3. The first-order valence-corrected chi connectivity index (χ1v) is 8.70. The molecule has 3 aromatic rings. The normalized spacial score (nSPS) is 11.8. The quantitative estimate of drug-likeness (QED) is 0.467. The molecule has 1 heteroatoms. The van der Waals surface area contributed by atoms with Crippen molar-refractivity contribution in [2.45, 2.75) is 0 Å². The summed E-state index contributed by atoms with van der Waals surface area (Å²) in [6.07, 6.45) is 1.95. The summed E-state index contributed by atoms with van der Waals surface area (Å²) in [6.45, 7) is 3.98. The molecule has 7 rings (SSSR count). The molecule has 0 amide bonds. The Morgan fingerprint density at radius 1 is 0.714 bits per heavy atom. The predicted molar refractivity (Wildman–Crippen MR) is 92.4 cm³/mol. The van der Waals surface area contributed by atoms with E-state index in [1.54, 1.807) is 0 Å². The van der Waals surface area contributed by atoms with Gasteiger partial charge in [0.25, 0.3) is 0 Å². The summed E-state index contributed by atoms with van der Waals surface area (Å²) in [5.41, 5.74) is 6.29. The van der Waals surface area contributed by atoms with Gasteiger partial charge in [-0.05, 0) is 0 Å². The summed E-state index contributed by atoms with van der Waals surface area (Å²) >= 11 is 0.384. The van der Waals surface area contributed by atoms with Gasteiger partial charge in [-0.25, -0.2) is 0 Å². The minimum absolute atomic E-state index is 0.384. The molecule has 4 heterocycles. The molecule has 4 aliphatic heterocycles. The van der Waals surface area contributed by atoms with Crippen LogP contribution in [0.5, 0.6) is 0 Å². The topological polar surface area (TPSA) is 0 Å². The van der Waals surface area contributed by atoms with Crippen molar-refractivity contribution >= 4 is 30.0 Å². The molecule has 0 spiro atoms. The van der Waals surface area contributed by atoms with Gasteiger partial charge in [0.2, 0.25) is 0 Å². The Labute approximate surface area is 131 Å². The standard InChI is InChI=1S/C20H14Se/c1-2-14-4-3-5-19-15-6-10-17(11-7-15)21-18-12-8-16(9-13-18)20(14)19/h2-13H,1H2. The fraction of sp³-hybridized carbons (Fsp3) is 0. The van der Waals surface area contributed by atoms with Crippen molar-refractivity contribution in [3.05, 3.63) is 78.9 Å². The van der Waals surface area contributed by atoms with E-state index in [1.165, 1.54) is 36.7 Å². The van der Waals surface area contributed by atoms with Crippen LogP contribution in [0.2, 0.25) is 0 Å². The second-order valence-electron chi connectivity index (χ2n) is 5.12. The van der Waals surface area contributed by atoms with Crippen LogP contribution in [0, 0.1) is 0 Å². The first kappa shape index (κ1) is 12.6. The van der Waals surface area contributed by atoms with Crippen LogP contribution < -0.4 is 8.92 Å². The molecular weight excluding hydrogens is 319 g/mol. The van der Waals surface area contributed by atoms with Gasteiger partial charge in [-0.3, -0.25) is 0 Å². The van der Waals surface area contributed by atoms with Gasteiger partial charge in [0, 0.05) is 0 Å². The molecule has 0 unspecified atom stereocenters. The van der Waals surface area contributed by atoms with Crippen molar-refractivity contribution in [2.75, 3.05) is 0 Å². The van der Waals surface area contributed by atoms with E-state index in [0.29, 0.717) is 15.0 Å². The van der Waals surface area contributed by atoms with Gasteiger partial charge in [-0.1, -0.05) is 0 Å². The number of benzene rings is 3. The van der Waals surface area contributed by atoms with Crippen LogP contribution in [-0.2, 0) is 0 Å². The number of rotatable bonds is 1. The van der Waals surface area contributed by atoms with E-state index in [-0.39, 0.29) is 0 Å². The zero-order chi connectivity index (χ0) is 14.2. The Balaban J connectivity index is 2.13. The van der Waals surface area contributed by atoms with Crippen molar-refractivity contribution in [3.63, 3.8) is 0 Å². The van der Waals surface area contributed by atoms with E-state index >= 15 is 0 Å². The summed E-state index contributed by atoms with van der Waals surface area (Å²) in [7, 11) is 0. The van der Waals surface area contributed by atoms with Crippen molar-refractivity contribution in [3.8, 4) is 22.3 Å². The molecule has 0 aliphatic carbocycles. The monoisotopic (exact) mass is 334 g/mol. The van der Waals surface area contributed by atoms with Gasteiger partial charge in [-0.15, -0.1) is 0 Å². The maximum atomic E-state index is 3.98. The average molecular weight is 333 g/mol. The Morgan fingerprint density at radius 3 is 1.95 bits per heavy atom. The molecule has 0 radical (unpaired) electrons. The minimum atomic E-state index is 0.384. The van der Waals surface area contributed by atoms with Crippen molar-refractivity contribution in [1.82, 2.24) is 0 Å². The van der Waals surface area contributed by atoms with Crippen LogP contribution >= 0.6 is 0 Å². The molecule has 4 bridgehead atoms. The molecule has 0 atom stereocenters. The van der Waals surface area contributed by atoms with E-state index < -0.39 is 0 Å². The van der Waals surface area contributed by atoms with Gasteiger partial charge < -0.3 is 0 Å². The third-order valence-corrected chi connectivity index (χ3v) is 5.99. The molecule has 0 nitrogen and oxygen atoms in total. The number of hydrogen-bond acceptors (Lipinski definition) is 0. The van der Waals surface area contributed by atoms with Crippen molar-refractivity contribution < 1.29 is 0 Å². The summed E-state index contributed by atoms with van der Waals surface area (Å²) in [4.78, 5) is 0. The van der Waals surface area contributed by atoms with Crippen molar-refractivity contribution in [2.24, 2.45) is 0 Å². The van der Waals surface area contributed by atoms with Crippen LogP contribution in [0.4, 0.5) is 0 Å². The Kier molecular flexibility index (Phi) is 3.03.